The molecule has 98 valence electrons. The Hall–Kier alpha value is -1.78. The van der Waals surface area contributed by atoms with Crippen LogP contribution in [0.5, 0.6) is 11.5 Å². The molecule has 1 aromatic carbocycles. The fourth-order valence-electron chi connectivity index (χ4n) is 2.00. The number of pyridine rings is 1. The zero-order valence-electron chi connectivity index (χ0n) is 10.3. The van der Waals surface area contributed by atoms with Gasteiger partial charge in [-0.1, -0.05) is 11.6 Å². The van der Waals surface area contributed by atoms with Gasteiger partial charge < -0.3 is 14.6 Å². The highest BCUT2D eigenvalue weighted by molar-refractivity contribution is 6.30. The van der Waals surface area contributed by atoms with Gasteiger partial charge in [-0.3, -0.25) is 4.98 Å². The molecular formula is C14H12ClNO3. The van der Waals surface area contributed by atoms with Crippen LogP contribution in [0.4, 0.5) is 0 Å². The molecular weight excluding hydrogens is 266 g/mol. The second kappa shape index (κ2) is 4.72. The van der Waals surface area contributed by atoms with Crippen LogP contribution in [0, 0.1) is 6.92 Å². The van der Waals surface area contributed by atoms with Crippen LogP contribution in [0.1, 0.15) is 23.1 Å². The van der Waals surface area contributed by atoms with Gasteiger partial charge in [0.1, 0.15) is 11.5 Å². The first-order valence-electron chi connectivity index (χ1n) is 5.86. The van der Waals surface area contributed by atoms with E-state index in [1.54, 1.807) is 37.4 Å². The Labute approximate surface area is 115 Å². The van der Waals surface area contributed by atoms with Crippen LogP contribution in [0.2, 0.25) is 5.02 Å². The van der Waals surface area contributed by atoms with Gasteiger partial charge >= 0.3 is 0 Å². The molecule has 0 fully saturated rings. The van der Waals surface area contributed by atoms with Gasteiger partial charge in [-0.25, -0.2) is 0 Å². The molecule has 1 aliphatic rings. The third-order valence-electron chi connectivity index (χ3n) is 3.06. The van der Waals surface area contributed by atoms with E-state index in [-0.39, 0.29) is 5.75 Å². The van der Waals surface area contributed by atoms with Gasteiger partial charge in [0.25, 0.3) is 0 Å². The summed E-state index contributed by atoms with van der Waals surface area (Å²) in [5.74, 6) is 0.835. The number of benzene rings is 1. The predicted octanol–water partition coefficient (Wildman–Crippen LogP) is 3.36. The molecule has 5 heteroatoms. The number of rotatable bonds is 2. The number of nitrogens with zero attached hydrogens (tertiary/aromatic N) is 1. The second-order valence-corrected chi connectivity index (χ2v) is 4.78. The molecule has 1 aliphatic heterocycles. The Morgan fingerprint density at radius 2 is 2.11 bits per heavy atom. The Morgan fingerprint density at radius 1 is 1.37 bits per heavy atom. The number of ether oxygens (including phenoxy) is 2. The quantitative estimate of drug-likeness (QED) is 0.914. The Balaban J connectivity index is 1.87. The SMILES string of the molecule is Cc1ncc2c(c1O)COC2Oc1ccc(Cl)cc1. The fourth-order valence-corrected chi connectivity index (χ4v) is 2.12. The van der Waals surface area contributed by atoms with Gasteiger partial charge in [-0.05, 0) is 31.2 Å². The van der Waals surface area contributed by atoms with E-state index in [2.05, 4.69) is 4.98 Å². The van der Waals surface area contributed by atoms with Crippen molar-refractivity contribution in [2.45, 2.75) is 19.8 Å². The first kappa shape index (κ1) is 12.3. The van der Waals surface area contributed by atoms with Crippen molar-refractivity contribution in [2.24, 2.45) is 0 Å². The van der Waals surface area contributed by atoms with Crippen LogP contribution in [0.25, 0.3) is 0 Å². The number of aryl methyl sites for hydroxylation is 1. The van der Waals surface area contributed by atoms with E-state index in [1.807, 2.05) is 0 Å². The van der Waals surface area contributed by atoms with E-state index in [9.17, 15) is 5.11 Å². The van der Waals surface area contributed by atoms with Crippen molar-refractivity contribution in [2.75, 3.05) is 0 Å². The van der Waals surface area contributed by atoms with Crippen LogP contribution in [0.3, 0.4) is 0 Å². The summed E-state index contributed by atoms with van der Waals surface area (Å²) >= 11 is 5.82. The van der Waals surface area contributed by atoms with Crippen molar-refractivity contribution < 1.29 is 14.6 Å². The van der Waals surface area contributed by atoms with Gasteiger partial charge in [0, 0.05) is 22.3 Å². The molecule has 0 saturated heterocycles. The summed E-state index contributed by atoms with van der Waals surface area (Å²) in [6, 6.07) is 7.03. The first-order chi connectivity index (χ1) is 9.15. The lowest BCUT2D eigenvalue weighted by atomic mass is 10.1. The third kappa shape index (κ3) is 2.25. The molecule has 0 radical (unpaired) electrons. The molecule has 3 rings (SSSR count). The molecule has 4 nitrogen and oxygen atoms in total. The van der Waals surface area contributed by atoms with Gasteiger partial charge in [0.2, 0.25) is 6.29 Å². The molecule has 1 N–H and O–H groups in total. The summed E-state index contributed by atoms with van der Waals surface area (Å²) in [6.07, 6.45) is 1.13. The van der Waals surface area contributed by atoms with Crippen LogP contribution in [-0.4, -0.2) is 10.1 Å². The number of aromatic hydroxyl groups is 1. The van der Waals surface area contributed by atoms with Crippen molar-refractivity contribution in [3.8, 4) is 11.5 Å². The van der Waals surface area contributed by atoms with E-state index < -0.39 is 6.29 Å². The predicted molar refractivity (Wildman–Crippen MR) is 70.2 cm³/mol. The normalized spacial score (nSPS) is 17.3. The van der Waals surface area contributed by atoms with E-state index in [1.165, 1.54) is 0 Å². The molecule has 0 aliphatic carbocycles. The molecule has 2 aromatic rings. The molecule has 1 aromatic heterocycles. The maximum Gasteiger partial charge on any atom is 0.229 e. The highest BCUT2D eigenvalue weighted by atomic mass is 35.5. The minimum absolute atomic E-state index is 0.180. The first-order valence-corrected chi connectivity index (χ1v) is 6.24. The van der Waals surface area contributed by atoms with Crippen LogP contribution in [-0.2, 0) is 11.3 Å². The van der Waals surface area contributed by atoms with Crippen molar-refractivity contribution in [3.63, 3.8) is 0 Å². The number of halogens is 1. The van der Waals surface area contributed by atoms with Gasteiger partial charge in [0.15, 0.2) is 0 Å². The highest BCUT2D eigenvalue weighted by Crippen LogP contribution is 2.37. The number of aromatic nitrogens is 1. The molecule has 0 amide bonds. The topological polar surface area (TPSA) is 51.6 Å². The summed E-state index contributed by atoms with van der Waals surface area (Å²) in [5.41, 5.74) is 2.10. The lowest BCUT2D eigenvalue weighted by Gasteiger charge is -2.14. The van der Waals surface area contributed by atoms with E-state index in [0.717, 1.165) is 11.1 Å². The Bertz CT molecular complexity index is 613. The Kier molecular flexibility index (Phi) is 3.05. The van der Waals surface area contributed by atoms with Crippen LogP contribution >= 0.6 is 11.6 Å². The zero-order chi connectivity index (χ0) is 13.4. The summed E-state index contributed by atoms with van der Waals surface area (Å²) in [6.45, 7) is 2.08. The Morgan fingerprint density at radius 3 is 2.84 bits per heavy atom. The summed E-state index contributed by atoms with van der Waals surface area (Å²) in [4.78, 5) is 4.13. The number of hydrogen-bond acceptors (Lipinski definition) is 4. The van der Waals surface area contributed by atoms with E-state index in [0.29, 0.717) is 23.1 Å². The average Bonchev–Trinajstić information content (AvgIpc) is 2.80. The van der Waals surface area contributed by atoms with Crippen molar-refractivity contribution in [1.82, 2.24) is 4.98 Å². The number of fused-ring (bicyclic) bond motifs is 1. The maximum absolute atomic E-state index is 9.92. The average molecular weight is 278 g/mol. The maximum atomic E-state index is 9.92. The zero-order valence-corrected chi connectivity index (χ0v) is 11.0. The van der Waals surface area contributed by atoms with Gasteiger partial charge in [-0.2, -0.15) is 0 Å². The van der Waals surface area contributed by atoms with Crippen LogP contribution in [0.15, 0.2) is 30.5 Å². The number of hydrogen-bond donors (Lipinski definition) is 1. The summed E-state index contributed by atoms with van der Waals surface area (Å²) < 4.78 is 11.3. The minimum atomic E-state index is -0.546. The van der Waals surface area contributed by atoms with Crippen molar-refractivity contribution in [3.05, 3.63) is 52.3 Å². The smallest absolute Gasteiger partial charge is 0.229 e. The molecule has 0 bridgehead atoms. The highest BCUT2D eigenvalue weighted by Gasteiger charge is 2.28. The van der Waals surface area contributed by atoms with E-state index in [4.69, 9.17) is 21.1 Å². The van der Waals surface area contributed by atoms with Crippen molar-refractivity contribution >= 4 is 11.6 Å². The molecule has 1 atom stereocenters. The molecule has 19 heavy (non-hydrogen) atoms. The standard InChI is InChI=1S/C14H12ClNO3/c1-8-13(17)12-7-18-14(11(12)6-16-8)19-10-4-2-9(15)3-5-10/h2-6,14,17H,7H2,1H3. The largest absolute Gasteiger partial charge is 0.506 e. The minimum Gasteiger partial charge on any atom is -0.506 e. The third-order valence-corrected chi connectivity index (χ3v) is 3.32. The van der Waals surface area contributed by atoms with Crippen LogP contribution < -0.4 is 4.74 Å². The monoisotopic (exact) mass is 277 g/mol. The summed E-state index contributed by atoms with van der Waals surface area (Å²) in [7, 11) is 0. The van der Waals surface area contributed by atoms with Gasteiger partial charge in [-0.15, -0.1) is 0 Å². The van der Waals surface area contributed by atoms with Crippen molar-refractivity contribution in [1.29, 1.82) is 0 Å². The molecule has 0 spiro atoms. The fraction of sp³-hybridized carbons (Fsp3) is 0.214. The van der Waals surface area contributed by atoms with E-state index >= 15 is 0 Å². The molecule has 0 saturated carbocycles. The second-order valence-electron chi connectivity index (χ2n) is 4.34. The molecule has 1 unspecified atom stereocenters. The summed E-state index contributed by atoms with van der Waals surface area (Å²) in [5, 5.41) is 10.6. The lowest BCUT2D eigenvalue weighted by Crippen LogP contribution is -2.06. The van der Waals surface area contributed by atoms with Gasteiger partial charge in [0.05, 0.1) is 12.3 Å². The lowest BCUT2D eigenvalue weighted by molar-refractivity contribution is -0.0728. The molecule has 2 heterocycles.